The first-order valence-electron chi connectivity index (χ1n) is 8.50. The van der Waals surface area contributed by atoms with Gasteiger partial charge in [-0.1, -0.05) is 41.0 Å². The van der Waals surface area contributed by atoms with Crippen molar-refractivity contribution >= 4 is 58.1 Å². The predicted octanol–water partition coefficient (Wildman–Crippen LogP) is 4.01. The van der Waals surface area contributed by atoms with E-state index in [1.54, 1.807) is 22.7 Å². The number of rotatable bonds is 6. The molecule has 144 valence electrons. The fraction of sp³-hybridized carbons (Fsp3) is 0.389. The van der Waals surface area contributed by atoms with Gasteiger partial charge in [-0.05, 0) is 30.5 Å². The van der Waals surface area contributed by atoms with Gasteiger partial charge in [-0.15, -0.1) is 11.3 Å². The molecule has 0 unspecified atom stereocenters. The molecule has 0 atom stereocenters. The summed E-state index contributed by atoms with van der Waals surface area (Å²) in [5.41, 5.74) is 7.10. The average Bonchev–Trinajstić information content (AvgIpc) is 3.08. The van der Waals surface area contributed by atoms with Gasteiger partial charge >= 0.3 is 0 Å². The summed E-state index contributed by atoms with van der Waals surface area (Å²) in [5.74, 6) is 0.345. The lowest BCUT2D eigenvalue weighted by atomic mass is 9.96. The van der Waals surface area contributed by atoms with Crippen molar-refractivity contribution in [2.75, 3.05) is 13.1 Å². The van der Waals surface area contributed by atoms with Crippen LogP contribution in [0.15, 0.2) is 27.9 Å². The Hall–Kier alpha value is -1.28. The van der Waals surface area contributed by atoms with Crippen molar-refractivity contribution in [2.45, 2.75) is 29.4 Å². The van der Waals surface area contributed by atoms with E-state index in [9.17, 15) is 9.59 Å². The first-order valence-corrected chi connectivity index (χ1v) is 11.1. The van der Waals surface area contributed by atoms with E-state index in [1.807, 2.05) is 17.5 Å². The highest BCUT2D eigenvalue weighted by molar-refractivity contribution is 8.00. The summed E-state index contributed by atoms with van der Waals surface area (Å²) in [4.78, 5) is 30.0. The van der Waals surface area contributed by atoms with Gasteiger partial charge in [-0.3, -0.25) is 9.59 Å². The third-order valence-electron chi connectivity index (χ3n) is 4.48. The molecule has 1 aromatic carbocycles. The number of carbonyl (C=O) groups is 2. The number of nitrogens with zero attached hydrogens (tertiary/aromatic N) is 2. The lowest BCUT2D eigenvalue weighted by molar-refractivity contribution is -0.134. The van der Waals surface area contributed by atoms with Crippen LogP contribution in [-0.4, -0.2) is 34.8 Å². The van der Waals surface area contributed by atoms with E-state index in [2.05, 4.69) is 4.98 Å². The number of nitrogens with two attached hydrogens (primary N) is 1. The van der Waals surface area contributed by atoms with E-state index in [0.29, 0.717) is 41.7 Å². The molecule has 0 spiro atoms. The van der Waals surface area contributed by atoms with Crippen LogP contribution in [0.5, 0.6) is 0 Å². The number of likely N-dealkylation sites (tertiary alicyclic amines) is 1. The predicted molar refractivity (Wildman–Crippen MR) is 110 cm³/mol. The number of benzene rings is 1. The molecule has 1 aliphatic rings. The molecule has 0 aliphatic carbocycles. The minimum atomic E-state index is -0.274. The van der Waals surface area contributed by atoms with Crippen molar-refractivity contribution in [3.63, 3.8) is 0 Å². The molecule has 5 nitrogen and oxygen atoms in total. The normalized spacial score (nSPS) is 15.1. The summed E-state index contributed by atoms with van der Waals surface area (Å²) in [7, 11) is 0. The van der Waals surface area contributed by atoms with Crippen molar-refractivity contribution in [3.05, 3.63) is 44.9 Å². The van der Waals surface area contributed by atoms with Crippen molar-refractivity contribution in [2.24, 2.45) is 11.7 Å². The van der Waals surface area contributed by atoms with Crippen molar-refractivity contribution < 1.29 is 9.59 Å². The van der Waals surface area contributed by atoms with Crippen LogP contribution < -0.4 is 5.73 Å². The molecule has 9 heteroatoms. The van der Waals surface area contributed by atoms with Crippen LogP contribution in [0.1, 0.15) is 24.1 Å². The summed E-state index contributed by atoms with van der Waals surface area (Å²) in [6, 6.07) is 5.45. The van der Waals surface area contributed by atoms with Crippen molar-refractivity contribution in [3.8, 4) is 0 Å². The molecule has 2 N–H and O–H groups in total. The largest absolute Gasteiger partial charge is 0.369 e. The number of halogens is 2. The molecule has 1 aromatic heterocycles. The summed E-state index contributed by atoms with van der Waals surface area (Å²) >= 11 is 15.2. The number of hydrogen-bond donors (Lipinski definition) is 1. The molecule has 3 rings (SSSR count). The molecule has 1 saturated heterocycles. The fourth-order valence-electron chi connectivity index (χ4n) is 2.89. The minimum Gasteiger partial charge on any atom is -0.369 e. The van der Waals surface area contributed by atoms with Gasteiger partial charge in [-0.25, -0.2) is 4.98 Å². The van der Waals surface area contributed by atoms with Crippen LogP contribution in [0.4, 0.5) is 0 Å². The number of primary amides is 1. The van der Waals surface area contributed by atoms with Gasteiger partial charge in [-0.2, -0.15) is 0 Å². The van der Waals surface area contributed by atoms with Gasteiger partial charge < -0.3 is 10.6 Å². The zero-order valence-corrected chi connectivity index (χ0v) is 17.6. The third kappa shape index (κ3) is 5.60. The van der Waals surface area contributed by atoms with Gasteiger partial charge in [0.15, 0.2) is 0 Å². The molecule has 1 fully saturated rings. The maximum absolute atomic E-state index is 12.4. The van der Waals surface area contributed by atoms with Gasteiger partial charge in [0.1, 0.15) is 4.34 Å². The maximum Gasteiger partial charge on any atom is 0.228 e. The Morgan fingerprint density at radius 2 is 2.04 bits per heavy atom. The second-order valence-electron chi connectivity index (χ2n) is 6.36. The van der Waals surface area contributed by atoms with Gasteiger partial charge in [0.25, 0.3) is 0 Å². The quantitative estimate of drug-likeness (QED) is 0.684. The first-order chi connectivity index (χ1) is 12.9. The Balaban J connectivity index is 1.50. The number of amides is 2. The topological polar surface area (TPSA) is 76.3 Å². The summed E-state index contributed by atoms with van der Waals surface area (Å²) in [6.45, 7) is 1.15. The first kappa shape index (κ1) is 20.5. The van der Waals surface area contributed by atoms with E-state index in [1.165, 1.54) is 11.3 Å². The van der Waals surface area contributed by atoms with Crippen LogP contribution in [0, 0.1) is 5.92 Å². The van der Waals surface area contributed by atoms with Crippen LogP contribution in [0.25, 0.3) is 0 Å². The Morgan fingerprint density at radius 3 is 2.70 bits per heavy atom. The number of thioether (sulfide) groups is 1. The van der Waals surface area contributed by atoms with E-state index < -0.39 is 0 Å². The van der Waals surface area contributed by atoms with E-state index in [0.717, 1.165) is 15.6 Å². The second-order valence-corrected chi connectivity index (χ2v) is 9.29. The van der Waals surface area contributed by atoms with E-state index >= 15 is 0 Å². The number of piperidine rings is 1. The SMILES string of the molecule is NC(=O)C1CCN(C(=O)Cc2csc(SCc3ccc(Cl)cc3Cl)n2)CC1. The summed E-state index contributed by atoms with van der Waals surface area (Å²) in [6.07, 6.45) is 1.56. The smallest absolute Gasteiger partial charge is 0.228 e. The number of aromatic nitrogens is 1. The summed E-state index contributed by atoms with van der Waals surface area (Å²) in [5, 5.41) is 3.17. The molecule has 2 amide bonds. The zero-order valence-electron chi connectivity index (χ0n) is 14.5. The van der Waals surface area contributed by atoms with E-state index in [4.69, 9.17) is 28.9 Å². The maximum atomic E-state index is 12.4. The molecule has 2 heterocycles. The van der Waals surface area contributed by atoms with Crippen LogP contribution in [-0.2, 0) is 21.8 Å². The Labute approximate surface area is 176 Å². The molecule has 27 heavy (non-hydrogen) atoms. The van der Waals surface area contributed by atoms with Crippen LogP contribution >= 0.6 is 46.3 Å². The molecule has 0 radical (unpaired) electrons. The zero-order chi connectivity index (χ0) is 19.4. The van der Waals surface area contributed by atoms with Gasteiger partial charge in [0.05, 0.1) is 12.1 Å². The average molecular weight is 444 g/mol. The lowest BCUT2D eigenvalue weighted by Gasteiger charge is -2.30. The van der Waals surface area contributed by atoms with E-state index in [-0.39, 0.29) is 24.2 Å². The third-order valence-corrected chi connectivity index (χ3v) is 7.18. The Morgan fingerprint density at radius 1 is 1.30 bits per heavy atom. The lowest BCUT2D eigenvalue weighted by Crippen LogP contribution is -2.42. The standard InChI is InChI=1S/C18H19Cl2N3O2S2/c19-13-2-1-12(15(20)7-13)9-26-18-22-14(10-27-18)8-16(24)23-5-3-11(4-6-23)17(21)25/h1-2,7,10-11H,3-6,8-9H2,(H2,21,25). The summed E-state index contributed by atoms with van der Waals surface area (Å²) < 4.78 is 0.899. The molecule has 2 aromatic rings. The van der Waals surface area contributed by atoms with Gasteiger partial charge in [0, 0.05) is 40.2 Å². The van der Waals surface area contributed by atoms with Gasteiger partial charge in [0.2, 0.25) is 11.8 Å². The molecule has 0 bridgehead atoms. The molecular weight excluding hydrogens is 425 g/mol. The minimum absolute atomic E-state index is 0.0421. The van der Waals surface area contributed by atoms with Crippen LogP contribution in [0.3, 0.4) is 0 Å². The van der Waals surface area contributed by atoms with Crippen molar-refractivity contribution in [1.82, 2.24) is 9.88 Å². The number of carbonyl (C=O) groups excluding carboxylic acids is 2. The fourth-order valence-corrected chi connectivity index (χ4v) is 5.30. The highest BCUT2D eigenvalue weighted by Gasteiger charge is 2.26. The highest BCUT2D eigenvalue weighted by atomic mass is 35.5. The second kappa shape index (κ2) is 9.28. The molecule has 1 aliphatic heterocycles. The monoisotopic (exact) mass is 443 g/mol. The van der Waals surface area contributed by atoms with Crippen LogP contribution in [0.2, 0.25) is 10.0 Å². The number of hydrogen-bond acceptors (Lipinski definition) is 5. The Kier molecular flexibility index (Phi) is 7.03. The molecular formula is C18H19Cl2N3O2S2. The van der Waals surface area contributed by atoms with Crippen molar-refractivity contribution in [1.29, 1.82) is 0 Å². The highest BCUT2D eigenvalue weighted by Crippen LogP contribution is 2.30. The number of thiazole rings is 1. The molecule has 0 saturated carbocycles. The Bertz CT molecular complexity index is 836.